The van der Waals surface area contributed by atoms with Crippen LogP contribution in [0.25, 0.3) is 0 Å². The first kappa shape index (κ1) is 22.5. The molecule has 2 heterocycles. The first-order chi connectivity index (χ1) is 14.1. The maximum atomic E-state index is 12.7. The molecule has 1 saturated heterocycles. The minimum atomic E-state index is -3.23. The lowest BCUT2D eigenvalue weighted by molar-refractivity contribution is 0.102. The zero-order chi connectivity index (χ0) is 22.1. The molecule has 1 N–H and O–H groups in total. The van der Waals surface area contributed by atoms with Gasteiger partial charge in [-0.15, -0.1) is 0 Å². The van der Waals surface area contributed by atoms with Crippen molar-refractivity contribution in [2.24, 2.45) is 0 Å². The number of rotatable bonds is 7. The molecular weight excluding hydrogens is 424 g/mol. The third-order valence-electron chi connectivity index (χ3n) is 5.41. The van der Waals surface area contributed by atoms with Crippen LogP contribution in [0.2, 0.25) is 5.02 Å². The number of halogens is 1. The Morgan fingerprint density at radius 1 is 1.30 bits per heavy atom. The van der Waals surface area contributed by atoms with Gasteiger partial charge in [0.05, 0.1) is 35.1 Å². The van der Waals surface area contributed by atoms with E-state index in [1.54, 1.807) is 44.4 Å². The predicted octanol–water partition coefficient (Wildman–Crippen LogP) is 3.41. The van der Waals surface area contributed by atoms with Gasteiger partial charge in [0.25, 0.3) is 5.91 Å². The Hall–Kier alpha value is -2.16. The fourth-order valence-electron chi connectivity index (χ4n) is 3.34. The Kier molecular flexibility index (Phi) is 6.69. The molecule has 162 valence electrons. The summed E-state index contributed by atoms with van der Waals surface area (Å²) >= 11 is 6.03. The summed E-state index contributed by atoms with van der Waals surface area (Å²) in [6.45, 7) is 6.23. The Morgan fingerprint density at radius 3 is 2.63 bits per heavy atom. The average Bonchev–Trinajstić information content (AvgIpc) is 2.66. The third kappa shape index (κ3) is 4.61. The molecule has 3 rings (SSSR count). The number of nitrogens with zero attached hydrogens (tertiary/aromatic N) is 3. The van der Waals surface area contributed by atoms with Gasteiger partial charge in [0.2, 0.25) is 10.0 Å². The molecule has 2 aromatic rings. The number of hydrogen-bond acceptors (Lipinski definition) is 5. The fourth-order valence-corrected chi connectivity index (χ4v) is 4.89. The third-order valence-corrected chi connectivity index (χ3v) is 7.86. The summed E-state index contributed by atoms with van der Waals surface area (Å²) in [4.78, 5) is 19.0. The molecule has 0 atom stereocenters. The normalized spacial score (nSPS) is 15.1. The number of aryl methyl sites for hydroxylation is 1. The van der Waals surface area contributed by atoms with E-state index in [0.29, 0.717) is 35.8 Å². The SMILES string of the molecule is CCc1cc(Cl)ccc1C(=O)Nc1cncc(N(C)C2CN(S(=O)(=O)C(C)C)C2)c1. The molecule has 0 aliphatic carbocycles. The number of carbonyl (C=O) groups excluding carboxylic acids is 1. The highest BCUT2D eigenvalue weighted by Gasteiger charge is 2.39. The second-order valence-corrected chi connectivity index (χ2v) is 10.6. The molecule has 1 aromatic heterocycles. The minimum absolute atomic E-state index is 0.0641. The van der Waals surface area contributed by atoms with Crippen LogP contribution in [0, 0.1) is 0 Å². The van der Waals surface area contributed by atoms with E-state index in [2.05, 4.69) is 10.3 Å². The van der Waals surface area contributed by atoms with E-state index >= 15 is 0 Å². The molecule has 1 aliphatic rings. The Morgan fingerprint density at radius 2 is 2.00 bits per heavy atom. The van der Waals surface area contributed by atoms with E-state index in [9.17, 15) is 13.2 Å². The molecular formula is C21H27ClN4O3S. The molecule has 0 radical (unpaired) electrons. The summed E-state index contributed by atoms with van der Waals surface area (Å²) in [6.07, 6.45) is 3.99. The topological polar surface area (TPSA) is 82.6 Å². The first-order valence-electron chi connectivity index (χ1n) is 9.90. The molecule has 1 amide bonds. The molecule has 1 fully saturated rings. The zero-order valence-corrected chi connectivity index (χ0v) is 19.2. The van der Waals surface area contributed by atoms with E-state index in [0.717, 1.165) is 11.3 Å². The summed E-state index contributed by atoms with van der Waals surface area (Å²) in [5.74, 6) is -0.219. The standard InChI is InChI=1S/C21H27ClN4O3S/c1-5-15-8-16(22)6-7-20(15)21(27)24-17-9-18(11-23-10-17)25(4)19-12-26(13-19)30(28,29)14(2)3/h6-11,14,19H,5,12-13H2,1-4H3,(H,24,27). The monoisotopic (exact) mass is 450 g/mol. The Bertz CT molecular complexity index is 1040. The number of carbonyl (C=O) groups is 1. The van der Waals surface area contributed by atoms with Gasteiger partial charge < -0.3 is 10.2 Å². The number of benzene rings is 1. The van der Waals surface area contributed by atoms with Gasteiger partial charge in [0.15, 0.2) is 0 Å². The Labute approximate surface area is 183 Å². The number of hydrogen-bond donors (Lipinski definition) is 1. The van der Waals surface area contributed by atoms with Crippen molar-refractivity contribution in [2.45, 2.75) is 38.5 Å². The van der Waals surface area contributed by atoms with Gasteiger partial charge in [0, 0.05) is 30.7 Å². The molecule has 0 bridgehead atoms. The van der Waals surface area contributed by atoms with E-state index in [1.807, 2.05) is 24.9 Å². The van der Waals surface area contributed by atoms with Crippen LogP contribution in [0.3, 0.4) is 0 Å². The van der Waals surface area contributed by atoms with Crippen LogP contribution in [-0.2, 0) is 16.4 Å². The average molecular weight is 451 g/mol. The van der Waals surface area contributed by atoms with Crippen LogP contribution in [0.4, 0.5) is 11.4 Å². The van der Waals surface area contributed by atoms with Crippen molar-refractivity contribution in [2.75, 3.05) is 30.4 Å². The van der Waals surface area contributed by atoms with Crippen molar-refractivity contribution >= 4 is 38.9 Å². The van der Waals surface area contributed by atoms with Gasteiger partial charge in [-0.2, -0.15) is 4.31 Å². The van der Waals surface area contributed by atoms with E-state index in [4.69, 9.17) is 11.6 Å². The number of aromatic nitrogens is 1. The van der Waals surface area contributed by atoms with Crippen LogP contribution >= 0.6 is 11.6 Å². The molecule has 9 heteroatoms. The molecule has 7 nitrogen and oxygen atoms in total. The van der Waals surface area contributed by atoms with Crippen LogP contribution in [0.5, 0.6) is 0 Å². The van der Waals surface area contributed by atoms with Gasteiger partial charge in [-0.25, -0.2) is 8.42 Å². The number of pyridine rings is 1. The summed E-state index contributed by atoms with van der Waals surface area (Å²) in [6, 6.07) is 7.12. The van der Waals surface area contributed by atoms with Crippen molar-refractivity contribution in [3.8, 4) is 0 Å². The minimum Gasteiger partial charge on any atom is -0.368 e. The van der Waals surface area contributed by atoms with Gasteiger partial charge in [-0.1, -0.05) is 18.5 Å². The molecule has 0 spiro atoms. The molecule has 30 heavy (non-hydrogen) atoms. The molecule has 1 aliphatic heterocycles. The first-order valence-corrected chi connectivity index (χ1v) is 11.8. The number of sulfonamides is 1. The summed E-state index contributed by atoms with van der Waals surface area (Å²) in [7, 11) is -1.32. The lowest BCUT2D eigenvalue weighted by Gasteiger charge is -2.44. The molecule has 1 aromatic carbocycles. The number of amides is 1. The Balaban J connectivity index is 1.69. The van der Waals surface area contributed by atoms with Crippen molar-refractivity contribution < 1.29 is 13.2 Å². The molecule has 0 saturated carbocycles. The lowest BCUT2D eigenvalue weighted by atomic mass is 10.0. The van der Waals surface area contributed by atoms with Crippen LogP contribution in [-0.4, -0.2) is 55.0 Å². The van der Waals surface area contributed by atoms with Crippen molar-refractivity contribution in [1.82, 2.24) is 9.29 Å². The van der Waals surface area contributed by atoms with E-state index in [1.165, 1.54) is 4.31 Å². The predicted molar refractivity (Wildman–Crippen MR) is 121 cm³/mol. The van der Waals surface area contributed by atoms with Crippen molar-refractivity contribution in [1.29, 1.82) is 0 Å². The highest BCUT2D eigenvalue weighted by molar-refractivity contribution is 7.89. The van der Waals surface area contributed by atoms with Crippen molar-refractivity contribution in [3.05, 3.63) is 52.8 Å². The van der Waals surface area contributed by atoms with Crippen molar-refractivity contribution in [3.63, 3.8) is 0 Å². The van der Waals surface area contributed by atoms with Gasteiger partial charge in [-0.3, -0.25) is 9.78 Å². The maximum absolute atomic E-state index is 12.7. The summed E-state index contributed by atoms with van der Waals surface area (Å²) in [5, 5.41) is 3.07. The van der Waals surface area contributed by atoms with E-state index < -0.39 is 15.3 Å². The van der Waals surface area contributed by atoms with Gasteiger partial charge >= 0.3 is 0 Å². The second-order valence-electron chi connectivity index (χ2n) is 7.72. The van der Waals surface area contributed by atoms with Crippen LogP contribution in [0.1, 0.15) is 36.7 Å². The summed E-state index contributed by atoms with van der Waals surface area (Å²) < 4.78 is 26.0. The highest BCUT2D eigenvalue weighted by Crippen LogP contribution is 2.26. The highest BCUT2D eigenvalue weighted by atomic mass is 35.5. The van der Waals surface area contributed by atoms with E-state index in [-0.39, 0.29) is 11.9 Å². The quantitative estimate of drug-likeness (QED) is 0.698. The maximum Gasteiger partial charge on any atom is 0.255 e. The number of likely N-dealkylation sites (N-methyl/N-ethyl adjacent to an activating group) is 1. The van der Waals surface area contributed by atoms with Gasteiger partial charge in [0.1, 0.15) is 0 Å². The number of nitrogens with one attached hydrogen (secondary N) is 1. The summed E-state index contributed by atoms with van der Waals surface area (Å²) in [5.41, 5.74) is 2.84. The van der Waals surface area contributed by atoms with Gasteiger partial charge in [-0.05, 0) is 50.1 Å². The van der Waals surface area contributed by atoms with Crippen LogP contribution in [0.15, 0.2) is 36.7 Å². The molecule has 0 unspecified atom stereocenters. The smallest absolute Gasteiger partial charge is 0.255 e. The zero-order valence-electron chi connectivity index (χ0n) is 17.6. The van der Waals surface area contributed by atoms with Crippen LogP contribution < -0.4 is 10.2 Å². The fraction of sp³-hybridized carbons (Fsp3) is 0.429. The second kappa shape index (κ2) is 8.91. The lowest BCUT2D eigenvalue weighted by Crippen LogP contribution is -2.61. The number of anilines is 2. The largest absolute Gasteiger partial charge is 0.368 e.